The predicted octanol–water partition coefficient (Wildman–Crippen LogP) is -0.488. The Balaban J connectivity index is 0. The number of aliphatic hydroxyl groups excluding tert-OH is 1. The largest absolute Gasteiger partial charge is 0.397 e. The molecule has 0 unspecified atom stereocenters. The third-order valence-electron chi connectivity index (χ3n) is 0.654. The first-order valence-corrected chi connectivity index (χ1v) is 5.13. The third-order valence-corrected chi connectivity index (χ3v) is 1.55. The van der Waals surface area contributed by atoms with Gasteiger partial charge in [0.1, 0.15) is 0 Å². The van der Waals surface area contributed by atoms with Crippen LogP contribution in [0.15, 0.2) is 0 Å². The van der Waals surface area contributed by atoms with Crippen molar-refractivity contribution in [2.24, 2.45) is 5.73 Å². The molecule has 6 heteroatoms. The topological polar surface area (TPSA) is 104 Å². The van der Waals surface area contributed by atoms with E-state index in [9.17, 15) is 4.57 Å². The summed E-state index contributed by atoms with van der Waals surface area (Å²) in [5, 5.41) is 7.57. The van der Waals surface area contributed by atoms with E-state index in [1.54, 1.807) is 6.92 Å². The van der Waals surface area contributed by atoms with Crippen LogP contribution in [-0.4, -0.2) is 34.2 Å². The Labute approximate surface area is 66.4 Å². The quantitative estimate of drug-likeness (QED) is 0.444. The molecule has 0 saturated carbocycles. The van der Waals surface area contributed by atoms with E-state index in [0.717, 1.165) is 0 Å². The van der Waals surface area contributed by atoms with Gasteiger partial charge >= 0.3 is 7.60 Å². The first kappa shape index (κ1) is 13.6. The Hall–Kier alpha value is 0.0700. The summed E-state index contributed by atoms with van der Waals surface area (Å²) in [4.78, 5) is 16.4. The van der Waals surface area contributed by atoms with Gasteiger partial charge in [-0.3, -0.25) is 4.57 Å². The van der Waals surface area contributed by atoms with Crippen molar-refractivity contribution >= 4 is 7.60 Å². The van der Waals surface area contributed by atoms with Gasteiger partial charge in [0.25, 0.3) is 0 Å². The van der Waals surface area contributed by atoms with Gasteiger partial charge in [0.15, 0.2) is 0 Å². The van der Waals surface area contributed by atoms with Crippen LogP contribution in [-0.2, 0) is 4.57 Å². The van der Waals surface area contributed by atoms with Gasteiger partial charge in [0.05, 0.1) is 6.16 Å². The van der Waals surface area contributed by atoms with Crippen LogP contribution in [0.25, 0.3) is 0 Å². The van der Waals surface area contributed by atoms with Crippen molar-refractivity contribution in [3.05, 3.63) is 0 Å². The number of aliphatic hydroxyl groups is 1. The average Bonchev–Trinajstić information content (AvgIpc) is 1.84. The average molecular weight is 185 g/mol. The van der Waals surface area contributed by atoms with E-state index in [-0.39, 0.29) is 12.8 Å². The van der Waals surface area contributed by atoms with Crippen molar-refractivity contribution in [3.63, 3.8) is 0 Å². The maximum absolute atomic E-state index is 10.0. The second-order valence-electron chi connectivity index (χ2n) is 1.85. The Kier molecular flexibility index (Phi) is 10.1. The lowest BCUT2D eigenvalue weighted by Gasteiger charge is -1.98. The minimum Gasteiger partial charge on any atom is -0.397 e. The van der Waals surface area contributed by atoms with E-state index < -0.39 is 7.60 Å². The summed E-state index contributed by atoms with van der Waals surface area (Å²) >= 11 is 0. The smallest absolute Gasteiger partial charge is 0.325 e. The fourth-order valence-electron chi connectivity index (χ4n) is 0.297. The van der Waals surface area contributed by atoms with E-state index in [1.807, 2.05) is 0 Å². The van der Waals surface area contributed by atoms with Gasteiger partial charge in [-0.2, -0.15) is 0 Å². The summed E-state index contributed by atoms with van der Waals surface area (Å²) in [7, 11) is -3.76. The lowest BCUT2D eigenvalue weighted by atomic mass is 10.5. The molecular weight excluding hydrogens is 169 g/mol. The molecule has 70 valence electrons. The molecule has 0 fully saturated rings. The molecule has 0 spiro atoms. The van der Waals surface area contributed by atoms with Crippen molar-refractivity contribution in [2.45, 2.75) is 13.3 Å². The van der Waals surface area contributed by atoms with E-state index in [0.29, 0.717) is 13.0 Å². The molecule has 0 aromatic carbocycles. The Morgan fingerprint density at radius 3 is 1.91 bits per heavy atom. The molecule has 5 nitrogen and oxygen atoms in total. The molecule has 0 bridgehead atoms. The molecule has 0 aliphatic carbocycles. The zero-order valence-corrected chi connectivity index (χ0v) is 7.50. The molecule has 0 aliphatic rings. The molecule has 0 rings (SSSR count). The zero-order chi connectivity index (χ0) is 9.33. The van der Waals surface area contributed by atoms with Crippen molar-refractivity contribution in [3.8, 4) is 0 Å². The highest BCUT2D eigenvalue weighted by Gasteiger charge is 2.09. The van der Waals surface area contributed by atoms with Crippen molar-refractivity contribution < 1.29 is 19.5 Å². The highest BCUT2D eigenvalue weighted by Crippen LogP contribution is 2.34. The van der Waals surface area contributed by atoms with E-state index in [4.69, 9.17) is 20.6 Å². The zero-order valence-electron chi connectivity index (χ0n) is 6.60. The summed E-state index contributed by atoms with van der Waals surface area (Å²) in [5.74, 6) is 0. The van der Waals surface area contributed by atoms with Crippen LogP contribution in [0.5, 0.6) is 0 Å². The van der Waals surface area contributed by atoms with Gasteiger partial charge in [-0.1, -0.05) is 0 Å². The second-order valence-corrected chi connectivity index (χ2v) is 3.62. The number of rotatable bonds is 3. The highest BCUT2D eigenvalue weighted by atomic mass is 31.2. The Bertz CT molecular complexity index is 113. The molecule has 0 atom stereocenters. The minimum absolute atomic E-state index is 0.0938. The molecule has 0 radical (unpaired) electrons. The summed E-state index contributed by atoms with van der Waals surface area (Å²) in [6.45, 7) is 2.27. The monoisotopic (exact) mass is 185 g/mol. The standard InChI is InChI=1S/C3H10NO3P.C2H6O/c4-2-1-3-8(5,6)7;1-2-3/h1-4H2,(H2,5,6,7);3H,2H2,1H3. The Morgan fingerprint density at radius 2 is 1.82 bits per heavy atom. The van der Waals surface area contributed by atoms with Crippen LogP contribution in [0, 0.1) is 0 Å². The van der Waals surface area contributed by atoms with Crippen molar-refractivity contribution in [2.75, 3.05) is 19.3 Å². The fourth-order valence-corrected chi connectivity index (χ4v) is 0.892. The van der Waals surface area contributed by atoms with Crippen LogP contribution < -0.4 is 5.73 Å². The lowest BCUT2D eigenvalue weighted by Crippen LogP contribution is -2.01. The van der Waals surface area contributed by atoms with Gasteiger partial charge in [-0.05, 0) is 19.9 Å². The SMILES string of the molecule is CCO.NCCCP(=O)(O)O. The van der Waals surface area contributed by atoms with Gasteiger partial charge in [-0.15, -0.1) is 0 Å². The second kappa shape index (κ2) is 8.17. The third kappa shape index (κ3) is 25.5. The summed E-state index contributed by atoms with van der Waals surface area (Å²) in [6.07, 6.45) is 0.299. The maximum atomic E-state index is 10.0. The number of hydrogen-bond donors (Lipinski definition) is 4. The molecule has 0 aromatic rings. The van der Waals surface area contributed by atoms with Crippen LogP contribution in [0.2, 0.25) is 0 Å². The fraction of sp³-hybridized carbons (Fsp3) is 1.00. The molecule has 0 aromatic heterocycles. The van der Waals surface area contributed by atoms with Crippen LogP contribution in [0.1, 0.15) is 13.3 Å². The number of hydrogen-bond acceptors (Lipinski definition) is 3. The van der Waals surface area contributed by atoms with Crippen LogP contribution >= 0.6 is 7.60 Å². The molecule has 0 aliphatic heterocycles. The van der Waals surface area contributed by atoms with E-state index >= 15 is 0 Å². The molecule has 0 amide bonds. The summed E-state index contributed by atoms with van der Waals surface area (Å²) in [6, 6.07) is 0. The van der Waals surface area contributed by atoms with Gasteiger partial charge in [-0.25, -0.2) is 0 Å². The van der Waals surface area contributed by atoms with Crippen LogP contribution in [0.3, 0.4) is 0 Å². The van der Waals surface area contributed by atoms with E-state index in [1.165, 1.54) is 0 Å². The first-order valence-electron chi connectivity index (χ1n) is 3.33. The summed E-state index contributed by atoms with van der Waals surface area (Å²) < 4.78 is 10.0. The summed E-state index contributed by atoms with van der Waals surface area (Å²) in [5.41, 5.74) is 4.99. The molecule has 0 saturated heterocycles. The first-order chi connectivity index (χ1) is 4.97. The maximum Gasteiger partial charge on any atom is 0.325 e. The van der Waals surface area contributed by atoms with E-state index in [2.05, 4.69) is 0 Å². The minimum atomic E-state index is -3.76. The molecule has 0 heterocycles. The molecule has 5 N–H and O–H groups in total. The molecule has 11 heavy (non-hydrogen) atoms. The highest BCUT2D eigenvalue weighted by molar-refractivity contribution is 7.51. The Morgan fingerprint density at radius 1 is 1.45 bits per heavy atom. The lowest BCUT2D eigenvalue weighted by molar-refractivity contribution is 0.318. The van der Waals surface area contributed by atoms with Gasteiger partial charge in [0, 0.05) is 6.61 Å². The van der Waals surface area contributed by atoms with Crippen molar-refractivity contribution in [1.82, 2.24) is 0 Å². The molecular formula is C5H16NO4P. The van der Waals surface area contributed by atoms with Gasteiger partial charge < -0.3 is 20.6 Å². The van der Waals surface area contributed by atoms with Gasteiger partial charge in [0.2, 0.25) is 0 Å². The predicted molar refractivity (Wildman–Crippen MR) is 43.3 cm³/mol. The van der Waals surface area contributed by atoms with Crippen LogP contribution in [0.4, 0.5) is 0 Å². The van der Waals surface area contributed by atoms with Crippen molar-refractivity contribution in [1.29, 1.82) is 0 Å². The normalized spacial score (nSPS) is 10.3. The number of nitrogens with two attached hydrogens (primary N) is 1.